The lowest BCUT2D eigenvalue weighted by Crippen LogP contribution is -2.28. The molecule has 6 N–H and O–H groups in total. The zero-order chi connectivity index (χ0) is 65.3. The Morgan fingerprint density at radius 2 is 0.533 bits per heavy atom. The van der Waals surface area contributed by atoms with E-state index in [9.17, 15) is 0 Å². The summed E-state index contributed by atoms with van der Waals surface area (Å²) in [4.78, 5) is 25.8. The molecule has 2 fully saturated rings. The van der Waals surface area contributed by atoms with Gasteiger partial charge in [-0.1, -0.05) is 239 Å². The van der Waals surface area contributed by atoms with E-state index < -0.39 is 11.3 Å². The Bertz CT molecular complexity index is 4150. The summed E-state index contributed by atoms with van der Waals surface area (Å²) in [6.45, 7) is 55.9. The van der Waals surface area contributed by atoms with E-state index in [1.165, 1.54) is 44.5 Å². The zero-order valence-corrected chi connectivity index (χ0v) is 58.5. The molecule has 466 valence electrons. The number of H-pyrrole nitrogens is 2. The number of nitrogens with zero attached hydrogens (tertiary/aromatic N) is 4. The fourth-order valence-corrected chi connectivity index (χ4v) is 14.2. The molecular formula is C82H98N8. The molecule has 0 radical (unpaired) electrons. The summed E-state index contributed by atoms with van der Waals surface area (Å²) in [6.07, 6.45) is 13.5. The molecular weight excluding hydrogens is 1100 g/mol. The van der Waals surface area contributed by atoms with Crippen molar-refractivity contribution in [3.8, 4) is 44.5 Å². The van der Waals surface area contributed by atoms with Gasteiger partial charge < -0.3 is 31.2 Å². The number of nitrogens with one attached hydrogen (secondary N) is 2. The van der Waals surface area contributed by atoms with Crippen molar-refractivity contribution in [2.45, 2.75) is 221 Å². The number of aromatic nitrogens is 4. The lowest BCUT2D eigenvalue weighted by molar-refractivity contribution is 0.568. The van der Waals surface area contributed by atoms with Crippen LogP contribution in [0.1, 0.15) is 233 Å². The molecule has 0 unspecified atom stereocenters. The van der Waals surface area contributed by atoms with Gasteiger partial charge in [0.05, 0.1) is 56.6 Å². The van der Waals surface area contributed by atoms with Gasteiger partial charge in [-0.15, -0.1) is 0 Å². The van der Waals surface area contributed by atoms with Crippen LogP contribution in [0.25, 0.3) is 90.9 Å². The van der Waals surface area contributed by atoms with Crippen molar-refractivity contribution in [3.05, 3.63) is 176 Å². The van der Waals surface area contributed by atoms with Crippen molar-refractivity contribution in [1.82, 2.24) is 19.9 Å². The number of fused-ring (bicyclic) bond motifs is 8. The molecule has 10 bridgehead atoms. The predicted octanol–water partition coefficient (Wildman–Crippen LogP) is 20.4. The van der Waals surface area contributed by atoms with Gasteiger partial charge in [0.1, 0.15) is 0 Å². The summed E-state index contributed by atoms with van der Waals surface area (Å²) in [6, 6.07) is 33.7. The lowest BCUT2D eigenvalue weighted by atomic mass is 9.78. The number of benzene rings is 4. The number of nitrogens with two attached hydrogens (primary N) is 2. The first-order valence-corrected chi connectivity index (χ1v) is 32.9. The second kappa shape index (κ2) is 18.9. The van der Waals surface area contributed by atoms with E-state index in [4.69, 9.17) is 21.4 Å². The van der Waals surface area contributed by atoms with E-state index in [2.05, 4.69) is 307 Å². The van der Waals surface area contributed by atoms with E-state index in [0.717, 1.165) is 101 Å². The summed E-state index contributed by atoms with van der Waals surface area (Å²) >= 11 is 0. The third-order valence-corrected chi connectivity index (χ3v) is 20.1. The van der Waals surface area contributed by atoms with Gasteiger partial charge in [-0.05, 0) is 159 Å². The smallest absolute Gasteiger partial charge is 0.187 e. The maximum absolute atomic E-state index is 6.94. The van der Waals surface area contributed by atoms with Gasteiger partial charge in [0, 0.05) is 33.3 Å². The Morgan fingerprint density at radius 3 is 0.767 bits per heavy atom. The van der Waals surface area contributed by atoms with Crippen LogP contribution >= 0.6 is 0 Å². The molecule has 8 nitrogen and oxygen atoms in total. The standard InChI is InChI=1S/C82H98N8/c1-73(2,3)49-31-45(32-50(39-49)74(4,5)6)65-59-25-26-60(85-59)66(46-33-51(75(7,8)9)40-52(34-46)76(10,11)12)62-28-30-64(87-62)68(48-37-55(79(19,20)21)42-56(38-48)80(22,23)24)70-72-71(89-81-43-57(83)58(84)44-82(81,89)90(72)81)69(88-70)67(63-29-27-61(65)86-63)47-35-53(77(13,14)15)41-54(36-47)78(16,17)18/h25-44,85,88H,83-84H2,1-24H3. The monoisotopic (exact) mass is 1190 g/mol. The molecule has 9 heterocycles. The first-order chi connectivity index (χ1) is 41.4. The number of rotatable bonds is 4. The molecule has 1 aliphatic carbocycles. The molecule has 90 heavy (non-hydrogen) atoms. The highest BCUT2D eigenvalue weighted by Crippen LogP contribution is 2.86. The molecule has 14 rings (SSSR count). The average molecular weight is 1200 g/mol. The quantitative estimate of drug-likeness (QED) is 0.131. The minimum absolute atomic E-state index is 0.136. The Morgan fingerprint density at radius 1 is 0.311 bits per heavy atom. The summed E-state index contributed by atoms with van der Waals surface area (Å²) in [5, 5.41) is 0. The minimum atomic E-state index is -0.499. The first kappa shape index (κ1) is 61.0. The Kier molecular flexibility index (Phi) is 12.8. The van der Waals surface area contributed by atoms with Crippen LogP contribution < -0.4 is 21.3 Å². The van der Waals surface area contributed by atoms with Crippen molar-refractivity contribution >= 4 is 57.7 Å². The maximum Gasteiger partial charge on any atom is 0.187 e. The predicted molar refractivity (Wildman–Crippen MR) is 385 cm³/mol. The van der Waals surface area contributed by atoms with Gasteiger partial charge in [-0.3, -0.25) is 0 Å². The summed E-state index contributed by atoms with van der Waals surface area (Å²) in [5.41, 5.74) is 41.3. The van der Waals surface area contributed by atoms with Gasteiger partial charge in [0.2, 0.25) is 0 Å². The highest BCUT2D eigenvalue weighted by molar-refractivity contribution is 6.23. The van der Waals surface area contributed by atoms with Crippen LogP contribution in [0.15, 0.2) is 108 Å². The molecule has 7 aromatic rings. The van der Waals surface area contributed by atoms with Crippen molar-refractivity contribution in [3.63, 3.8) is 0 Å². The number of hydrogen-bond donors (Lipinski definition) is 4. The van der Waals surface area contributed by atoms with Gasteiger partial charge in [0.25, 0.3) is 0 Å². The number of aromatic amines is 2. The summed E-state index contributed by atoms with van der Waals surface area (Å²) in [7, 11) is 0. The number of anilines is 2. The Balaban J connectivity index is 1.30. The van der Waals surface area contributed by atoms with Crippen LogP contribution in [0, 0.1) is 0 Å². The van der Waals surface area contributed by atoms with Gasteiger partial charge in [-0.25, -0.2) is 9.97 Å². The van der Waals surface area contributed by atoms with E-state index in [-0.39, 0.29) is 43.3 Å². The largest absolute Gasteiger partial charge is 0.397 e. The molecule has 0 amide bonds. The number of hydrogen-bond acceptors (Lipinski definition) is 6. The molecule has 2 spiro atoms. The normalized spacial score (nSPS) is 18.8. The van der Waals surface area contributed by atoms with E-state index in [1.54, 1.807) is 0 Å². The fourth-order valence-electron chi connectivity index (χ4n) is 14.2. The molecule has 2 saturated heterocycles. The molecule has 0 saturated carbocycles. The molecule has 8 heteroatoms. The Labute approximate surface area is 537 Å². The zero-order valence-electron chi connectivity index (χ0n) is 58.5. The van der Waals surface area contributed by atoms with Crippen LogP contribution in [0.4, 0.5) is 11.4 Å². The van der Waals surface area contributed by atoms with Crippen molar-refractivity contribution in [2.24, 2.45) is 11.5 Å². The summed E-state index contributed by atoms with van der Waals surface area (Å²) in [5.74, 6) is 0. The second-order valence-corrected chi connectivity index (χ2v) is 35.3. The van der Waals surface area contributed by atoms with Crippen LogP contribution in [0.2, 0.25) is 0 Å². The maximum atomic E-state index is 6.94. The highest BCUT2D eigenvalue weighted by Gasteiger charge is 3.01. The van der Waals surface area contributed by atoms with Crippen LogP contribution in [-0.4, -0.2) is 31.3 Å². The topological polar surface area (TPSA) is 115 Å². The Hall–Kier alpha value is -7.84. The third-order valence-electron chi connectivity index (χ3n) is 20.1. The molecule has 6 aliphatic heterocycles. The van der Waals surface area contributed by atoms with Gasteiger partial charge in [-0.2, -0.15) is 0 Å². The fraction of sp³-hybridized carbons (Fsp3) is 0.415. The molecule has 0 atom stereocenters. The van der Waals surface area contributed by atoms with Crippen molar-refractivity contribution in [2.75, 3.05) is 9.80 Å². The van der Waals surface area contributed by atoms with Crippen LogP contribution in [-0.2, 0) is 43.3 Å². The van der Waals surface area contributed by atoms with Gasteiger partial charge in [0.15, 0.2) is 11.3 Å². The van der Waals surface area contributed by atoms with Crippen molar-refractivity contribution < 1.29 is 0 Å². The molecule has 4 aromatic carbocycles. The van der Waals surface area contributed by atoms with Crippen LogP contribution in [0.5, 0.6) is 0 Å². The second-order valence-electron chi connectivity index (χ2n) is 35.3. The SMILES string of the molecule is CC(C)(C)c1cc(-c2c3nc(c(-c4cc(C(C)(C)C)cc(C(C)(C)C)c4)c4[nH]c(c(-c5cc(C(C)(C)C)cc(C(C)(C)C)c5)c5nc(c(-c6cc(C(C)(C)C)cc(C(C)(C)C)c6)c6ccc2[nH]6)C=C5)c2c4N4C56C=C(N)C(N)=CC45N26)C=C3)cc(C(C)(C)C)c1. The summed E-state index contributed by atoms with van der Waals surface area (Å²) < 4.78 is 0. The van der Waals surface area contributed by atoms with Crippen molar-refractivity contribution in [1.29, 1.82) is 0 Å². The molecule has 7 aliphatic rings. The van der Waals surface area contributed by atoms with E-state index >= 15 is 0 Å². The van der Waals surface area contributed by atoms with Crippen LogP contribution in [0.3, 0.4) is 0 Å². The van der Waals surface area contributed by atoms with E-state index in [1.807, 2.05) is 0 Å². The lowest BCUT2D eigenvalue weighted by Gasteiger charge is -2.27. The average Bonchev–Trinajstić information content (AvgIpc) is 1.37. The first-order valence-electron chi connectivity index (χ1n) is 32.9. The third kappa shape index (κ3) is 9.48. The van der Waals surface area contributed by atoms with Gasteiger partial charge >= 0.3 is 0 Å². The molecule has 3 aromatic heterocycles. The minimum Gasteiger partial charge on any atom is -0.397 e. The van der Waals surface area contributed by atoms with E-state index in [0.29, 0.717) is 11.4 Å². The highest BCUT2D eigenvalue weighted by atomic mass is 15.9.